The first-order valence-corrected chi connectivity index (χ1v) is 9.69. The number of aryl methyl sites for hydroxylation is 1. The van der Waals surface area contributed by atoms with E-state index in [1.54, 1.807) is 0 Å². The second-order valence-corrected chi connectivity index (χ2v) is 8.62. The molecule has 2 aliphatic carbocycles. The molecule has 0 atom stereocenters. The van der Waals surface area contributed by atoms with Crippen LogP contribution in [0.2, 0.25) is 0 Å². The molecule has 0 spiro atoms. The Morgan fingerprint density at radius 2 is 1.81 bits per heavy atom. The van der Waals surface area contributed by atoms with E-state index in [-0.39, 0.29) is 11.5 Å². The lowest BCUT2D eigenvalue weighted by atomic mass is 9.86. The van der Waals surface area contributed by atoms with Gasteiger partial charge in [0.1, 0.15) is 11.5 Å². The smallest absolute Gasteiger partial charge is 0.158 e. The average molecular weight is 313 g/mol. The zero-order chi connectivity index (χ0) is 14.9. The highest BCUT2D eigenvalue weighted by atomic mass is 32.2. The molecule has 2 aliphatic rings. The fourth-order valence-electron chi connectivity index (χ4n) is 3.59. The Morgan fingerprint density at radius 1 is 1.10 bits per heavy atom. The summed E-state index contributed by atoms with van der Waals surface area (Å²) < 4.78 is 30.1. The molecule has 0 aliphatic heterocycles. The third kappa shape index (κ3) is 3.48. The Labute approximate surface area is 125 Å². The van der Waals surface area contributed by atoms with Crippen LogP contribution >= 0.6 is 0 Å². The first-order valence-electron chi connectivity index (χ1n) is 7.87. The van der Waals surface area contributed by atoms with Gasteiger partial charge in [0.05, 0.1) is 17.1 Å². The number of nitrogens with zero attached hydrogens (tertiary/aromatic N) is 1. The molecule has 1 N–H and O–H groups in total. The topological polar surface area (TPSA) is 80.4 Å². The minimum atomic E-state index is -3.37. The molecule has 0 radical (unpaired) electrons. The summed E-state index contributed by atoms with van der Waals surface area (Å²) in [5.41, 5.74) is 0.505. The first kappa shape index (κ1) is 15.0. The molecule has 6 heteroatoms. The molecule has 1 fully saturated rings. The molecule has 0 bridgehead atoms. The number of sulfone groups is 1. The van der Waals surface area contributed by atoms with E-state index >= 15 is 0 Å². The molecule has 5 nitrogen and oxygen atoms in total. The van der Waals surface area contributed by atoms with Crippen molar-refractivity contribution in [2.24, 2.45) is 0 Å². The van der Waals surface area contributed by atoms with Gasteiger partial charge in [-0.3, -0.25) is 0 Å². The summed E-state index contributed by atoms with van der Waals surface area (Å²) in [6, 6.07) is 0. The lowest BCUT2D eigenvalue weighted by Gasteiger charge is -2.31. The van der Waals surface area contributed by atoms with Crippen LogP contribution in [0.4, 0.5) is 0 Å². The molecule has 0 unspecified atom stereocenters. The van der Waals surface area contributed by atoms with Gasteiger partial charge < -0.3 is 9.63 Å². The predicted molar refractivity (Wildman–Crippen MR) is 78.7 cm³/mol. The van der Waals surface area contributed by atoms with E-state index < -0.39 is 15.4 Å². The summed E-state index contributed by atoms with van der Waals surface area (Å²) in [5, 5.41) is 14.4. The largest absolute Gasteiger partial charge is 0.389 e. The maximum Gasteiger partial charge on any atom is 0.158 e. The quantitative estimate of drug-likeness (QED) is 0.921. The third-order valence-electron chi connectivity index (χ3n) is 4.66. The molecule has 118 valence electrons. The van der Waals surface area contributed by atoms with E-state index in [1.807, 2.05) is 0 Å². The number of rotatable bonds is 4. The highest BCUT2D eigenvalue weighted by molar-refractivity contribution is 7.90. The van der Waals surface area contributed by atoms with Crippen LogP contribution in [0.1, 0.15) is 62.0 Å². The van der Waals surface area contributed by atoms with Gasteiger partial charge in [0, 0.05) is 12.0 Å². The van der Waals surface area contributed by atoms with Gasteiger partial charge in [-0.25, -0.2) is 8.42 Å². The molecule has 1 aromatic heterocycles. The summed E-state index contributed by atoms with van der Waals surface area (Å²) in [7, 11) is -3.37. The van der Waals surface area contributed by atoms with E-state index in [2.05, 4.69) is 5.16 Å². The Kier molecular flexibility index (Phi) is 4.10. The van der Waals surface area contributed by atoms with Gasteiger partial charge in [-0.15, -0.1) is 0 Å². The molecule has 1 heterocycles. The highest BCUT2D eigenvalue weighted by Gasteiger charge is 2.35. The van der Waals surface area contributed by atoms with Crippen LogP contribution in [0.15, 0.2) is 4.52 Å². The summed E-state index contributed by atoms with van der Waals surface area (Å²) >= 11 is 0. The predicted octanol–water partition coefficient (Wildman–Crippen LogP) is 2.16. The molecule has 1 aromatic rings. The molecular weight excluding hydrogens is 290 g/mol. The number of hydrogen-bond acceptors (Lipinski definition) is 5. The van der Waals surface area contributed by atoms with Crippen molar-refractivity contribution in [3.05, 3.63) is 17.0 Å². The van der Waals surface area contributed by atoms with Crippen LogP contribution < -0.4 is 0 Å². The molecule has 0 aromatic carbocycles. The number of hydrogen-bond donors (Lipinski definition) is 1. The van der Waals surface area contributed by atoms with Gasteiger partial charge in [0.25, 0.3) is 0 Å². The summed E-state index contributed by atoms with van der Waals surface area (Å²) in [5.74, 6) is 0.596. The molecule has 0 saturated heterocycles. The summed E-state index contributed by atoms with van der Waals surface area (Å²) in [4.78, 5) is 0. The Morgan fingerprint density at radius 3 is 2.57 bits per heavy atom. The monoisotopic (exact) mass is 313 g/mol. The molecule has 1 saturated carbocycles. The maximum absolute atomic E-state index is 12.4. The number of aromatic nitrogens is 1. The SMILES string of the molecule is O=S(=O)(Cc1noc2c1CCCC2)CC1(O)CCCCC1. The van der Waals surface area contributed by atoms with Gasteiger partial charge in [-0.2, -0.15) is 0 Å². The van der Waals surface area contributed by atoms with Crippen molar-refractivity contribution in [1.29, 1.82) is 0 Å². The van der Waals surface area contributed by atoms with E-state index in [9.17, 15) is 13.5 Å². The summed E-state index contributed by atoms with van der Waals surface area (Å²) in [6.45, 7) is 0. The van der Waals surface area contributed by atoms with Crippen molar-refractivity contribution >= 4 is 9.84 Å². The van der Waals surface area contributed by atoms with Crippen LogP contribution in [0, 0.1) is 0 Å². The third-order valence-corrected chi connectivity index (χ3v) is 6.35. The van der Waals surface area contributed by atoms with E-state index in [4.69, 9.17) is 4.52 Å². The van der Waals surface area contributed by atoms with E-state index in [1.165, 1.54) is 0 Å². The maximum atomic E-state index is 12.4. The summed E-state index contributed by atoms with van der Waals surface area (Å²) in [6.07, 6.45) is 7.92. The molecule has 21 heavy (non-hydrogen) atoms. The van der Waals surface area contributed by atoms with Gasteiger partial charge in [-0.05, 0) is 32.1 Å². The van der Waals surface area contributed by atoms with E-state index in [0.717, 1.165) is 56.3 Å². The van der Waals surface area contributed by atoms with Crippen LogP contribution in [0.25, 0.3) is 0 Å². The molecule has 0 amide bonds. The van der Waals surface area contributed by atoms with Gasteiger partial charge >= 0.3 is 0 Å². The second kappa shape index (κ2) is 5.72. The van der Waals surface area contributed by atoms with Gasteiger partial charge in [-0.1, -0.05) is 24.4 Å². The van der Waals surface area contributed by atoms with Crippen LogP contribution in [-0.4, -0.2) is 30.0 Å². The van der Waals surface area contributed by atoms with Crippen molar-refractivity contribution < 1.29 is 18.0 Å². The van der Waals surface area contributed by atoms with Gasteiger partial charge in [0.15, 0.2) is 9.84 Å². The minimum absolute atomic E-state index is 0.103. The van der Waals surface area contributed by atoms with Crippen molar-refractivity contribution in [2.75, 3.05) is 5.75 Å². The highest BCUT2D eigenvalue weighted by Crippen LogP contribution is 2.31. The molecule has 3 rings (SSSR count). The van der Waals surface area contributed by atoms with Crippen molar-refractivity contribution in [2.45, 2.75) is 69.1 Å². The van der Waals surface area contributed by atoms with Crippen molar-refractivity contribution in [1.82, 2.24) is 5.16 Å². The average Bonchev–Trinajstić information content (AvgIpc) is 2.81. The zero-order valence-corrected chi connectivity index (χ0v) is 13.1. The van der Waals surface area contributed by atoms with Crippen molar-refractivity contribution in [3.63, 3.8) is 0 Å². The number of fused-ring (bicyclic) bond motifs is 1. The minimum Gasteiger partial charge on any atom is -0.389 e. The zero-order valence-electron chi connectivity index (χ0n) is 12.3. The van der Waals surface area contributed by atoms with Gasteiger partial charge in [0.2, 0.25) is 0 Å². The van der Waals surface area contributed by atoms with Crippen LogP contribution in [0.5, 0.6) is 0 Å². The lowest BCUT2D eigenvalue weighted by molar-refractivity contribution is 0.0257. The second-order valence-electron chi connectivity index (χ2n) is 6.56. The fraction of sp³-hybridized carbons (Fsp3) is 0.800. The first-order chi connectivity index (χ1) is 9.98. The Bertz CT molecular complexity index is 599. The fourth-order valence-corrected chi connectivity index (χ4v) is 5.44. The standard InChI is InChI=1S/C15H23NO4S/c17-15(8-4-1-5-9-15)11-21(18,19)10-13-12-6-2-3-7-14(12)20-16-13/h17H,1-11H2. The van der Waals surface area contributed by atoms with E-state index in [0.29, 0.717) is 18.5 Å². The Hall–Kier alpha value is -0.880. The van der Waals surface area contributed by atoms with Crippen molar-refractivity contribution in [3.8, 4) is 0 Å². The normalized spacial score (nSPS) is 22.0. The number of aliphatic hydroxyl groups is 1. The van der Waals surface area contributed by atoms with Crippen LogP contribution in [-0.2, 0) is 28.4 Å². The van der Waals surface area contributed by atoms with Crippen LogP contribution in [0.3, 0.4) is 0 Å². The lowest BCUT2D eigenvalue weighted by Crippen LogP contribution is -2.39. The molecular formula is C15H23NO4S. The Balaban J connectivity index is 1.72.